The van der Waals surface area contributed by atoms with Gasteiger partial charge in [-0.2, -0.15) is 0 Å². The summed E-state index contributed by atoms with van der Waals surface area (Å²) < 4.78 is 13.2. The lowest BCUT2D eigenvalue weighted by atomic mass is 10.1. The van der Waals surface area contributed by atoms with Crippen molar-refractivity contribution in [3.8, 4) is 0 Å². The van der Waals surface area contributed by atoms with Crippen molar-refractivity contribution >= 4 is 29.1 Å². The second-order valence-corrected chi connectivity index (χ2v) is 6.11. The van der Waals surface area contributed by atoms with Gasteiger partial charge in [0, 0.05) is 37.4 Å². The lowest BCUT2D eigenvalue weighted by Crippen LogP contribution is -2.46. The number of hydrogen-bond acceptors (Lipinski definition) is 3. The molecule has 1 fully saturated rings. The van der Waals surface area contributed by atoms with Crippen molar-refractivity contribution in [3.05, 3.63) is 64.4 Å². The Labute approximate surface area is 149 Å². The molecular formula is C18H17ClFN3O2. The highest BCUT2D eigenvalue weighted by Gasteiger charge is 2.20. The van der Waals surface area contributed by atoms with E-state index < -0.39 is 11.7 Å². The summed E-state index contributed by atoms with van der Waals surface area (Å²) in [4.78, 5) is 26.4. The van der Waals surface area contributed by atoms with Gasteiger partial charge in [-0.25, -0.2) is 4.39 Å². The normalized spacial score (nSPS) is 14.2. The van der Waals surface area contributed by atoms with Gasteiger partial charge in [0.05, 0.1) is 10.6 Å². The molecule has 2 N–H and O–H groups in total. The molecule has 1 saturated heterocycles. The SMILES string of the molecule is O=C(Nc1ccc(C(=O)N2CCNCC2)c(Cl)c1)c1cccc(F)c1. The van der Waals surface area contributed by atoms with Gasteiger partial charge in [-0.1, -0.05) is 17.7 Å². The van der Waals surface area contributed by atoms with Crippen molar-refractivity contribution < 1.29 is 14.0 Å². The molecule has 0 radical (unpaired) electrons. The smallest absolute Gasteiger partial charge is 0.255 e. The molecule has 2 amide bonds. The number of rotatable bonds is 3. The average Bonchev–Trinajstić information content (AvgIpc) is 2.62. The molecule has 1 aliphatic rings. The molecule has 0 bridgehead atoms. The Morgan fingerprint density at radius 2 is 1.88 bits per heavy atom. The Hall–Kier alpha value is -2.44. The Morgan fingerprint density at radius 3 is 2.56 bits per heavy atom. The molecule has 1 aliphatic heterocycles. The summed E-state index contributed by atoms with van der Waals surface area (Å²) >= 11 is 6.22. The van der Waals surface area contributed by atoms with E-state index in [0.29, 0.717) is 24.3 Å². The zero-order valence-electron chi connectivity index (χ0n) is 13.4. The first kappa shape index (κ1) is 17.4. The third-order valence-electron chi connectivity index (χ3n) is 3.95. The zero-order chi connectivity index (χ0) is 17.8. The number of piperazine rings is 1. The molecule has 3 rings (SSSR count). The topological polar surface area (TPSA) is 61.4 Å². The van der Waals surface area contributed by atoms with E-state index in [2.05, 4.69) is 10.6 Å². The quantitative estimate of drug-likeness (QED) is 0.883. The van der Waals surface area contributed by atoms with Crippen LogP contribution in [0.15, 0.2) is 42.5 Å². The maximum absolute atomic E-state index is 13.2. The van der Waals surface area contributed by atoms with Crippen LogP contribution in [-0.4, -0.2) is 42.9 Å². The first-order valence-electron chi connectivity index (χ1n) is 7.91. The molecule has 0 saturated carbocycles. The van der Waals surface area contributed by atoms with Crippen molar-refractivity contribution in [1.29, 1.82) is 0 Å². The van der Waals surface area contributed by atoms with Gasteiger partial charge in [0.15, 0.2) is 0 Å². The average molecular weight is 362 g/mol. The van der Waals surface area contributed by atoms with E-state index in [9.17, 15) is 14.0 Å². The summed E-state index contributed by atoms with van der Waals surface area (Å²) in [5.74, 6) is -1.06. The van der Waals surface area contributed by atoms with Crippen molar-refractivity contribution in [1.82, 2.24) is 10.2 Å². The van der Waals surface area contributed by atoms with Gasteiger partial charge in [-0.15, -0.1) is 0 Å². The summed E-state index contributed by atoms with van der Waals surface area (Å²) in [5.41, 5.74) is 1.04. The number of anilines is 1. The third kappa shape index (κ3) is 4.15. The molecule has 2 aromatic carbocycles. The van der Waals surface area contributed by atoms with E-state index in [1.54, 1.807) is 17.0 Å². The van der Waals surface area contributed by atoms with Gasteiger partial charge in [-0.05, 0) is 36.4 Å². The van der Waals surface area contributed by atoms with E-state index in [0.717, 1.165) is 19.2 Å². The van der Waals surface area contributed by atoms with Crippen molar-refractivity contribution in [2.24, 2.45) is 0 Å². The van der Waals surface area contributed by atoms with Crippen LogP contribution in [0.3, 0.4) is 0 Å². The molecule has 0 spiro atoms. The predicted octanol–water partition coefficient (Wildman–Crippen LogP) is 2.78. The molecule has 7 heteroatoms. The molecular weight excluding hydrogens is 345 g/mol. The second-order valence-electron chi connectivity index (χ2n) is 5.70. The molecule has 0 unspecified atom stereocenters. The van der Waals surface area contributed by atoms with Gasteiger partial charge in [0.2, 0.25) is 0 Å². The molecule has 1 heterocycles. The van der Waals surface area contributed by atoms with Gasteiger partial charge < -0.3 is 15.5 Å². The van der Waals surface area contributed by atoms with Crippen LogP contribution < -0.4 is 10.6 Å². The number of nitrogens with zero attached hydrogens (tertiary/aromatic N) is 1. The fourth-order valence-electron chi connectivity index (χ4n) is 2.64. The molecule has 5 nitrogen and oxygen atoms in total. The van der Waals surface area contributed by atoms with Crippen LogP contribution in [0.4, 0.5) is 10.1 Å². The summed E-state index contributed by atoms with van der Waals surface area (Å²) in [6.07, 6.45) is 0. The van der Waals surface area contributed by atoms with E-state index in [-0.39, 0.29) is 16.5 Å². The molecule has 25 heavy (non-hydrogen) atoms. The van der Waals surface area contributed by atoms with Crippen molar-refractivity contribution in [3.63, 3.8) is 0 Å². The maximum atomic E-state index is 13.2. The first-order valence-corrected chi connectivity index (χ1v) is 8.29. The van der Waals surface area contributed by atoms with Gasteiger partial charge in [0.25, 0.3) is 11.8 Å². The number of nitrogens with one attached hydrogen (secondary N) is 2. The Morgan fingerprint density at radius 1 is 1.12 bits per heavy atom. The highest BCUT2D eigenvalue weighted by Crippen LogP contribution is 2.23. The zero-order valence-corrected chi connectivity index (χ0v) is 14.1. The maximum Gasteiger partial charge on any atom is 0.255 e. The van der Waals surface area contributed by atoms with Crippen LogP contribution in [0.5, 0.6) is 0 Å². The van der Waals surface area contributed by atoms with E-state index in [1.165, 1.54) is 24.3 Å². The number of carbonyl (C=O) groups is 2. The summed E-state index contributed by atoms with van der Waals surface area (Å²) in [6, 6.07) is 10.1. The monoisotopic (exact) mass is 361 g/mol. The second kappa shape index (κ2) is 7.63. The molecule has 0 aromatic heterocycles. The van der Waals surface area contributed by atoms with Crippen LogP contribution in [0.2, 0.25) is 5.02 Å². The Bertz CT molecular complexity index is 807. The Balaban J connectivity index is 1.73. The van der Waals surface area contributed by atoms with E-state index >= 15 is 0 Å². The minimum absolute atomic E-state index is 0.130. The van der Waals surface area contributed by atoms with Crippen LogP contribution in [-0.2, 0) is 0 Å². The van der Waals surface area contributed by atoms with Crippen molar-refractivity contribution in [2.75, 3.05) is 31.5 Å². The fraction of sp³-hybridized carbons (Fsp3) is 0.222. The number of halogens is 2. The van der Waals surface area contributed by atoms with Gasteiger partial charge in [0.1, 0.15) is 5.82 Å². The van der Waals surface area contributed by atoms with E-state index in [4.69, 9.17) is 11.6 Å². The lowest BCUT2D eigenvalue weighted by Gasteiger charge is -2.27. The lowest BCUT2D eigenvalue weighted by molar-refractivity contribution is 0.0736. The van der Waals surface area contributed by atoms with Gasteiger partial charge >= 0.3 is 0 Å². The number of amides is 2. The third-order valence-corrected chi connectivity index (χ3v) is 4.26. The number of benzene rings is 2. The predicted molar refractivity (Wildman–Crippen MR) is 94.6 cm³/mol. The molecule has 0 atom stereocenters. The highest BCUT2D eigenvalue weighted by atomic mass is 35.5. The minimum Gasteiger partial charge on any atom is -0.336 e. The first-order chi connectivity index (χ1) is 12.0. The van der Waals surface area contributed by atoms with E-state index in [1.807, 2.05) is 0 Å². The largest absolute Gasteiger partial charge is 0.336 e. The van der Waals surface area contributed by atoms with Crippen LogP contribution in [0.1, 0.15) is 20.7 Å². The summed E-state index contributed by atoms with van der Waals surface area (Å²) in [7, 11) is 0. The van der Waals surface area contributed by atoms with Gasteiger partial charge in [-0.3, -0.25) is 9.59 Å². The highest BCUT2D eigenvalue weighted by molar-refractivity contribution is 6.34. The summed E-state index contributed by atoms with van der Waals surface area (Å²) in [5, 5.41) is 6.10. The fourth-order valence-corrected chi connectivity index (χ4v) is 2.90. The number of carbonyl (C=O) groups excluding carboxylic acids is 2. The summed E-state index contributed by atoms with van der Waals surface area (Å²) in [6.45, 7) is 2.77. The molecule has 0 aliphatic carbocycles. The van der Waals surface area contributed by atoms with Crippen LogP contribution in [0.25, 0.3) is 0 Å². The van der Waals surface area contributed by atoms with Crippen LogP contribution >= 0.6 is 11.6 Å². The standard InChI is InChI=1S/C18H17ClFN3O2/c19-16-11-14(22-17(24)12-2-1-3-13(20)10-12)4-5-15(16)18(25)23-8-6-21-7-9-23/h1-5,10-11,21H,6-9H2,(H,22,24). The molecule has 2 aromatic rings. The molecule has 130 valence electrons. The number of hydrogen-bond donors (Lipinski definition) is 2. The minimum atomic E-state index is -0.484. The van der Waals surface area contributed by atoms with Crippen LogP contribution in [0, 0.1) is 5.82 Å². The van der Waals surface area contributed by atoms with Crippen molar-refractivity contribution in [2.45, 2.75) is 0 Å². The Kier molecular flexibility index (Phi) is 5.31.